The lowest BCUT2D eigenvalue weighted by atomic mass is 10.1. The number of amides is 1. The molecule has 0 aliphatic carbocycles. The summed E-state index contributed by atoms with van der Waals surface area (Å²) in [5, 5.41) is 9.03. The lowest BCUT2D eigenvalue weighted by Gasteiger charge is -2.35. The topological polar surface area (TPSA) is 57.6 Å². The predicted molar refractivity (Wildman–Crippen MR) is 109 cm³/mol. The maximum absolute atomic E-state index is 12.8. The van der Waals surface area contributed by atoms with Gasteiger partial charge in [0.05, 0.1) is 18.0 Å². The fourth-order valence-corrected chi connectivity index (χ4v) is 5.61. The largest absolute Gasteiger partial charge is 0.481 e. The Bertz CT molecular complexity index is 582. The Balaban J connectivity index is 2.31. The van der Waals surface area contributed by atoms with Crippen LogP contribution in [0, 0.1) is 10.7 Å². The van der Waals surface area contributed by atoms with Crippen molar-refractivity contribution in [1.82, 2.24) is 4.90 Å². The van der Waals surface area contributed by atoms with Crippen LogP contribution in [-0.4, -0.2) is 46.0 Å². The molecule has 114 valence electrons. The second-order valence-corrected chi connectivity index (χ2v) is 9.21. The lowest BCUT2D eigenvalue weighted by molar-refractivity contribution is -0.138. The van der Waals surface area contributed by atoms with E-state index in [-0.39, 0.29) is 18.4 Å². The number of thioether (sulfide) groups is 1. The van der Waals surface area contributed by atoms with Crippen LogP contribution in [0.15, 0.2) is 12.1 Å². The van der Waals surface area contributed by atoms with Gasteiger partial charge in [-0.25, -0.2) is 0 Å². The van der Waals surface area contributed by atoms with E-state index in [2.05, 4.69) is 67.8 Å². The average molecular weight is 643 g/mol. The number of carboxylic acids is 1. The Labute approximate surface area is 168 Å². The normalized spacial score (nSPS) is 18.6. The summed E-state index contributed by atoms with van der Waals surface area (Å²) in [5.74, 6) is 0.643. The van der Waals surface area contributed by atoms with Gasteiger partial charge in [-0.05, 0) is 79.9 Å². The molecule has 4 nitrogen and oxygen atoms in total. The quantitative estimate of drug-likeness (QED) is 0.405. The molecule has 1 fully saturated rings. The van der Waals surface area contributed by atoms with Gasteiger partial charge in [0.2, 0.25) is 0 Å². The number of halogens is 3. The van der Waals surface area contributed by atoms with E-state index < -0.39 is 5.97 Å². The maximum Gasteiger partial charge on any atom is 0.305 e. The molecule has 1 N–H and O–H groups in total. The molecule has 1 aromatic rings. The number of benzene rings is 1. The van der Waals surface area contributed by atoms with Gasteiger partial charge in [-0.1, -0.05) is 0 Å². The summed E-state index contributed by atoms with van der Waals surface area (Å²) in [5.41, 5.74) is 0.675. The van der Waals surface area contributed by atoms with Gasteiger partial charge in [-0.3, -0.25) is 9.59 Å². The molecule has 0 spiro atoms. The Morgan fingerprint density at radius 3 is 2.71 bits per heavy atom. The second kappa shape index (κ2) is 7.99. The van der Waals surface area contributed by atoms with Crippen molar-refractivity contribution in [3.63, 3.8) is 0 Å². The Hall–Kier alpha value is 0.700. The van der Waals surface area contributed by atoms with Crippen molar-refractivity contribution < 1.29 is 14.7 Å². The predicted octanol–water partition coefficient (Wildman–Crippen LogP) is 3.53. The van der Waals surface area contributed by atoms with Crippen LogP contribution in [0.5, 0.6) is 0 Å². The lowest BCUT2D eigenvalue weighted by Crippen LogP contribution is -2.47. The van der Waals surface area contributed by atoms with Crippen LogP contribution in [0.2, 0.25) is 0 Å². The molecule has 1 amide bonds. The van der Waals surface area contributed by atoms with Crippen LogP contribution in [0.1, 0.15) is 16.8 Å². The first-order valence-electron chi connectivity index (χ1n) is 6.15. The van der Waals surface area contributed by atoms with Gasteiger partial charge >= 0.3 is 5.97 Å². The minimum atomic E-state index is -0.854. The van der Waals surface area contributed by atoms with Gasteiger partial charge < -0.3 is 10.0 Å². The van der Waals surface area contributed by atoms with Crippen molar-refractivity contribution in [2.45, 2.75) is 12.5 Å². The van der Waals surface area contributed by atoms with Crippen molar-refractivity contribution in [3.8, 4) is 0 Å². The number of hydrogen-bond acceptors (Lipinski definition) is 3. The van der Waals surface area contributed by atoms with Crippen LogP contribution < -0.4 is 0 Å². The zero-order valence-electron chi connectivity index (χ0n) is 10.8. The summed E-state index contributed by atoms with van der Waals surface area (Å²) in [6.07, 6.45) is 0.0103. The SMILES string of the molecule is O=C(O)CC1CSCCN1C(=O)c1cc(I)cc(I)c1I. The molecule has 1 aliphatic heterocycles. The van der Waals surface area contributed by atoms with E-state index in [9.17, 15) is 9.59 Å². The number of nitrogens with zero attached hydrogens (tertiary/aromatic N) is 1. The summed E-state index contributed by atoms with van der Waals surface area (Å²) < 4.78 is 3.00. The third kappa shape index (κ3) is 4.59. The third-order valence-corrected chi connectivity index (χ3v) is 7.88. The third-order valence-electron chi connectivity index (χ3n) is 3.12. The second-order valence-electron chi connectivity index (χ2n) is 4.57. The molecular formula is C13H12I3NO3S. The first kappa shape index (κ1) is 18.0. The molecule has 1 aromatic carbocycles. The molecule has 0 aromatic heterocycles. The van der Waals surface area contributed by atoms with Crippen molar-refractivity contribution in [2.24, 2.45) is 0 Å². The summed E-state index contributed by atoms with van der Waals surface area (Å²) in [7, 11) is 0. The number of aliphatic carboxylic acids is 1. The monoisotopic (exact) mass is 643 g/mol. The summed E-state index contributed by atoms with van der Waals surface area (Å²) in [4.78, 5) is 25.6. The molecule has 1 aliphatic rings. The van der Waals surface area contributed by atoms with E-state index in [1.807, 2.05) is 12.1 Å². The first-order valence-corrected chi connectivity index (χ1v) is 10.5. The summed E-state index contributed by atoms with van der Waals surface area (Å²) in [6.45, 7) is 0.611. The van der Waals surface area contributed by atoms with Gasteiger partial charge in [0.25, 0.3) is 5.91 Å². The molecule has 0 bridgehead atoms. The highest BCUT2D eigenvalue weighted by molar-refractivity contribution is 14.1. The fraction of sp³-hybridized carbons (Fsp3) is 0.385. The maximum atomic E-state index is 12.8. The zero-order valence-corrected chi connectivity index (χ0v) is 18.1. The molecule has 21 heavy (non-hydrogen) atoms. The Kier molecular flexibility index (Phi) is 6.87. The molecule has 1 heterocycles. The van der Waals surface area contributed by atoms with Gasteiger partial charge in [0.1, 0.15) is 0 Å². The number of carbonyl (C=O) groups is 2. The van der Waals surface area contributed by atoms with Gasteiger partial charge in [-0.15, -0.1) is 0 Å². The van der Waals surface area contributed by atoms with Crippen LogP contribution in [0.3, 0.4) is 0 Å². The highest BCUT2D eigenvalue weighted by atomic mass is 127. The molecule has 1 saturated heterocycles. The molecular weight excluding hydrogens is 631 g/mol. The van der Waals surface area contributed by atoms with Crippen molar-refractivity contribution >= 4 is 91.4 Å². The van der Waals surface area contributed by atoms with Gasteiger partial charge in [0.15, 0.2) is 0 Å². The first-order chi connectivity index (χ1) is 9.90. The number of carbonyl (C=O) groups excluding carboxylic acids is 1. The van der Waals surface area contributed by atoms with Gasteiger partial charge in [0, 0.05) is 28.8 Å². The Morgan fingerprint density at radius 2 is 2.05 bits per heavy atom. The number of rotatable bonds is 3. The van der Waals surface area contributed by atoms with Crippen LogP contribution in [0.25, 0.3) is 0 Å². The van der Waals surface area contributed by atoms with Crippen LogP contribution >= 0.6 is 79.5 Å². The molecule has 1 unspecified atom stereocenters. The molecule has 0 radical (unpaired) electrons. The van der Waals surface area contributed by atoms with E-state index in [0.717, 1.165) is 16.5 Å². The van der Waals surface area contributed by atoms with Crippen LogP contribution in [-0.2, 0) is 4.79 Å². The fourth-order valence-electron chi connectivity index (χ4n) is 2.16. The average Bonchev–Trinajstić information content (AvgIpc) is 2.42. The number of carboxylic acid groups (broad SMARTS) is 1. The van der Waals surface area contributed by atoms with E-state index in [0.29, 0.717) is 17.9 Å². The van der Waals surface area contributed by atoms with Gasteiger partial charge in [-0.2, -0.15) is 11.8 Å². The number of hydrogen-bond donors (Lipinski definition) is 1. The zero-order chi connectivity index (χ0) is 15.6. The Morgan fingerprint density at radius 1 is 1.33 bits per heavy atom. The highest BCUT2D eigenvalue weighted by Gasteiger charge is 2.30. The minimum Gasteiger partial charge on any atom is -0.481 e. The summed E-state index contributed by atoms with van der Waals surface area (Å²) >= 11 is 8.32. The van der Waals surface area contributed by atoms with E-state index >= 15 is 0 Å². The summed E-state index contributed by atoms with van der Waals surface area (Å²) in [6, 6.07) is 3.69. The molecule has 0 saturated carbocycles. The molecule has 1 atom stereocenters. The highest BCUT2D eigenvalue weighted by Crippen LogP contribution is 2.27. The minimum absolute atomic E-state index is 0.0103. The van der Waals surface area contributed by atoms with Crippen LogP contribution in [0.4, 0.5) is 0 Å². The molecule has 2 rings (SSSR count). The van der Waals surface area contributed by atoms with E-state index in [4.69, 9.17) is 5.11 Å². The standard InChI is InChI=1S/C13H12I3NO3S/c14-7-3-9(12(16)10(15)4-7)13(20)17-1-2-21-6-8(17)5-11(18)19/h3-4,8H,1-2,5-6H2,(H,18,19). The van der Waals surface area contributed by atoms with E-state index in [1.54, 1.807) is 16.7 Å². The molecule has 8 heteroatoms. The smallest absolute Gasteiger partial charge is 0.305 e. The van der Waals surface area contributed by atoms with Crippen molar-refractivity contribution in [1.29, 1.82) is 0 Å². The van der Waals surface area contributed by atoms with E-state index in [1.165, 1.54) is 0 Å². The van der Waals surface area contributed by atoms with Crippen molar-refractivity contribution in [2.75, 3.05) is 18.1 Å². The van der Waals surface area contributed by atoms with Crippen molar-refractivity contribution in [3.05, 3.63) is 28.4 Å².